The molecule has 0 bridgehead atoms. The summed E-state index contributed by atoms with van der Waals surface area (Å²) in [6, 6.07) is 18.0. The first kappa shape index (κ1) is 18.4. The molecule has 4 rings (SSSR count). The van der Waals surface area contributed by atoms with Crippen LogP contribution in [0, 0.1) is 0 Å². The Morgan fingerprint density at radius 2 is 1.93 bits per heavy atom. The molecular formula is C22H25N5O. The van der Waals surface area contributed by atoms with Gasteiger partial charge in [0.15, 0.2) is 0 Å². The van der Waals surface area contributed by atoms with Crippen molar-refractivity contribution >= 4 is 22.6 Å². The summed E-state index contributed by atoms with van der Waals surface area (Å²) in [6.07, 6.45) is 3.57. The second-order valence-corrected chi connectivity index (χ2v) is 7.36. The Kier molecular flexibility index (Phi) is 5.48. The number of benzene rings is 2. The highest BCUT2D eigenvalue weighted by atomic mass is 16.2. The van der Waals surface area contributed by atoms with E-state index in [1.165, 1.54) is 5.56 Å². The van der Waals surface area contributed by atoms with E-state index >= 15 is 0 Å². The molecule has 0 radical (unpaired) electrons. The first-order valence-electron chi connectivity index (χ1n) is 9.72. The number of rotatable bonds is 6. The van der Waals surface area contributed by atoms with Gasteiger partial charge in [0.25, 0.3) is 0 Å². The highest BCUT2D eigenvalue weighted by molar-refractivity contribution is 5.88. The number of para-hydroxylation sites is 1. The second-order valence-electron chi connectivity index (χ2n) is 7.36. The molecule has 144 valence electrons. The van der Waals surface area contributed by atoms with Crippen molar-refractivity contribution in [2.24, 2.45) is 5.73 Å². The number of nitrogens with zero attached hydrogens (tertiary/aromatic N) is 3. The van der Waals surface area contributed by atoms with Crippen molar-refractivity contribution in [3.8, 4) is 0 Å². The lowest BCUT2D eigenvalue weighted by Gasteiger charge is -2.20. The number of anilines is 1. The molecule has 0 saturated carbocycles. The van der Waals surface area contributed by atoms with Crippen LogP contribution in [-0.2, 0) is 11.2 Å². The molecule has 28 heavy (non-hydrogen) atoms. The van der Waals surface area contributed by atoms with Crippen molar-refractivity contribution in [1.82, 2.24) is 14.9 Å². The van der Waals surface area contributed by atoms with E-state index in [1.54, 1.807) is 6.33 Å². The van der Waals surface area contributed by atoms with Crippen LogP contribution < -0.4 is 11.1 Å². The molecule has 3 N–H and O–H groups in total. The summed E-state index contributed by atoms with van der Waals surface area (Å²) in [5, 5.41) is 4.49. The lowest BCUT2D eigenvalue weighted by molar-refractivity contribution is -0.130. The molecule has 1 aliphatic rings. The second kappa shape index (κ2) is 8.35. The fourth-order valence-corrected chi connectivity index (χ4v) is 3.76. The monoisotopic (exact) mass is 375 g/mol. The standard InChI is InChI=1S/C22H25N5O/c23-17(12-16-6-2-1-3-7-16)13-21(28)27-11-10-18(14-27)26-22-19-8-4-5-9-20(19)24-15-25-22/h1-9,15,17-18H,10-14,23H2,(H,24,25,26). The molecule has 2 atom stereocenters. The Morgan fingerprint density at radius 3 is 2.79 bits per heavy atom. The molecule has 0 aliphatic carbocycles. The van der Waals surface area contributed by atoms with E-state index in [9.17, 15) is 4.79 Å². The Hall–Kier alpha value is -2.99. The van der Waals surface area contributed by atoms with Gasteiger partial charge in [0.05, 0.1) is 5.52 Å². The van der Waals surface area contributed by atoms with Crippen LogP contribution in [0.25, 0.3) is 10.9 Å². The van der Waals surface area contributed by atoms with Crippen LogP contribution in [-0.4, -0.2) is 45.9 Å². The quantitative estimate of drug-likeness (QED) is 0.692. The maximum absolute atomic E-state index is 12.6. The molecule has 1 fully saturated rings. The largest absolute Gasteiger partial charge is 0.365 e. The first-order chi connectivity index (χ1) is 13.7. The number of carbonyl (C=O) groups excluding carboxylic acids is 1. The minimum Gasteiger partial charge on any atom is -0.365 e. The molecule has 3 aromatic rings. The minimum atomic E-state index is -0.160. The normalized spacial score (nSPS) is 17.6. The van der Waals surface area contributed by atoms with Gasteiger partial charge in [-0.1, -0.05) is 42.5 Å². The van der Waals surface area contributed by atoms with Crippen LogP contribution in [0.2, 0.25) is 0 Å². The van der Waals surface area contributed by atoms with E-state index in [1.807, 2.05) is 59.5 Å². The zero-order chi connectivity index (χ0) is 19.3. The van der Waals surface area contributed by atoms with Crippen molar-refractivity contribution in [2.45, 2.75) is 31.3 Å². The zero-order valence-corrected chi connectivity index (χ0v) is 15.8. The SMILES string of the molecule is NC(CC(=O)N1CCC(Nc2ncnc3ccccc23)C1)Cc1ccccc1. The molecule has 1 aliphatic heterocycles. The smallest absolute Gasteiger partial charge is 0.224 e. The summed E-state index contributed by atoms with van der Waals surface area (Å²) in [5.74, 6) is 0.950. The number of fused-ring (bicyclic) bond motifs is 1. The van der Waals surface area contributed by atoms with Gasteiger partial charge in [0, 0.05) is 37.0 Å². The number of nitrogens with one attached hydrogen (secondary N) is 1. The molecular weight excluding hydrogens is 350 g/mol. The van der Waals surface area contributed by atoms with Gasteiger partial charge in [-0.3, -0.25) is 4.79 Å². The lowest BCUT2D eigenvalue weighted by Crippen LogP contribution is -2.36. The third-order valence-electron chi connectivity index (χ3n) is 5.20. The van der Waals surface area contributed by atoms with Crippen molar-refractivity contribution in [2.75, 3.05) is 18.4 Å². The molecule has 1 aromatic heterocycles. The minimum absolute atomic E-state index is 0.125. The van der Waals surface area contributed by atoms with Gasteiger partial charge in [0.2, 0.25) is 5.91 Å². The number of nitrogens with two attached hydrogens (primary N) is 1. The summed E-state index contributed by atoms with van der Waals surface area (Å²) < 4.78 is 0. The number of amides is 1. The van der Waals surface area contributed by atoms with Gasteiger partial charge in [-0.25, -0.2) is 9.97 Å². The molecule has 2 heterocycles. The van der Waals surface area contributed by atoms with E-state index in [0.717, 1.165) is 36.1 Å². The van der Waals surface area contributed by atoms with E-state index in [2.05, 4.69) is 15.3 Å². The fourth-order valence-electron chi connectivity index (χ4n) is 3.76. The fraction of sp³-hybridized carbons (Fsp3) is 0.318. The highest BCUT2D eigenvalue weighted by Gasteiger charge is 2.27. The van der Waals surface area contributed by atoms with Gasteiger partial charge in [-0.15, -0.1) is 0 Å². The van der Waals surface area contributed by atoms with Crippen molar-refractivity contribution in [1.29, 1.82) is 0 Å². The van der Waals surface area contributed by atoms with Gasteiger partial charge in [-0.2, -0.15) is 0 Å². The predicted octanol–water partition coefficient (Wildman–Crippen LogP) is 2.60. The van der Waals surface area contributed by atoms with Gasteiger partial charge < -0.3 is 16.0 Å². The predicted molar refractivity (Wildman–Crippen MR) is 111 cm³/mol. The third kappa shape index (κ3) is 4.28. The zero-order valence-electron chi connectivity index (χ0n) is 15.8. The summed E-state index contributed by atoms with van der Waals surface area (Å²) in [6.45, 7) is 1.42. The summed E-state index contributed by atoms with van der Waals surface area (Å²) in [5.41, 5.74) is 8.30. The number of carbonyl (C=O) groups is 1. The van der Waals surface area contributed by atoms with E-state index in [-0.39, 0.29) is 18.0 Å². The molecule has 1 saturated heterocycles. The highest BCUT2D eigenvalue weighted by Crippen LogP contribution is 2.22. The van der Waals surface area contributed by atoms with E-state index < -0.39 is 0 Å². The van der Waals surface area contributed by atoms with Crippen LogP contribution in [0.4, 0.5) is 5.82 Å². The third-order valence-corrected chi connectivity index (χ3v) is 5.20. The van der Waals surface area contributed by atoms with E-state index in [4.69, 9.17) is 5.73 Å². The summed E-state index contributed by atoms with van der Waals surface area (Å²) in [7, 11) is 0. The van der Waals surface area contributed by atoms with Gasteiger partial charge >= 0.3 is 0 Å². The van der Waals surface area contributed by atoms with Gasteiger partial charge in [0.1, 0.15) is 12.1 Å². The Bertz CT molecular complexity index is 941. The topological polar surface area (TPSA) is 84.1 Å². The van der Waals surface area contributed by atoms with Crippen molar-refractivity contribution in [3.63, 3.8) is 0 Å². The van der Waals surface area contributed by atoms with Crippen LogP contribution in [0.1, 0.15) is 18.4 Å². The number of hydrogen-bond acceptors (Lipinski definition) is 5. The van der Waals surface area contributed by atoms with Crippen molar-refractivity contribution < 1.29 is 4.79 Å². The van der Waals surface area contributed by atoms with Crippen LogP contribution in [0.5, 0.6) is 0 Å². The number of hydrogen-bond donors (Lipinski definition) is 2. The van der Waals surface area contributed by atoms with E-state index in [0.29, 0.717) is 13.0 Å². The molecule has 2 unspecified atom stereocenters. The molecule has 2 aromatic carbocycles. The molecule has 1 amide bonds. The van der Waals surface area contributed by atoms with Crippen LogP contribution in [0.3, 0.4) is 0 Å². The van der Waals surface area contributed by atoms with Crippen LogP contribution in [0.15, 0.2) is 60.9 Å². The van der Waals surface area contributed by atoms with Crippen molar-refractivity contribution in [3.05, 3.63) is 66.5 Å². The maximum Gasteiger partial charge on any atom is 0.224 e. The average molecular weight is 375 g/mol. The Balaban J connectivity index is 1.33. The summed E-state index contributed by atoms with van der Waals surface area (Å²) in [4.78, 5) is 23.2. The number of likely N-dealkylation sites (tertiary alicyclic amines) is 1. The number of aromatic nitrogens is 2. The Morgan fingerprint density at radius 1 is 1.14 bits per heavy atom. The molecule has 6 heteroatoms. The average Bonchev–Trinajstić information content (AvgIpc) is 3.18. The maximum atomic E-state index is 12.6. The molecule has 0 spiro atoms. The lowest BCUT2D eigenvalue weighted by atomic mass is 10.0. The first-order valence-corrected chi connectivity index (χ1v) is 9.72. The summed E-state index contributed by atoms with van der Waals surface area (Å²) >= 11 is 0. The Labute approximate surface area is 164 Å². The van der Waals surface area contributed by atoms with Crippen LogP contribution >= 0.6 is 0 Å². The molecule has 6 nitrogen and oxygen atoms in total. The van der Waals surface area contributed by atoms with Gasteiger partial charge in [-0.05, 0) is 30.5 Å².